The molecular weight excluding hydrogens is 516 g/mol. The van der Waals surface area contributed by atoms with Gasteiger partial charge in [-0.25, -0.2) is 19.2 Å². The van der Waals surface area contributed by atoms with E-state index in [9.17, 15) is 29.4 Å². The Hall–Kier alpha value is -4.25. The smallest absolute Gasteiger partial charge is 0.346 e. The van der Waals surface area contributed by atoms with Gasteiger partial charge in [0, 0.05) is 18.4 Å². The molecule has 0 radical (unpaired) electrons. The Morgan fingerprint density at radius 2 is 1.30 bits per heavy atom. The van der Waals surface area contributed by atoms with Gasteiger partial charge in [0.05, 0.1) is 11.1 Å². The van der Waals surface area contributed by atoms with Crippen LogP contribution in [0, 0.1) is 13.8 Å². The molecule has 0 aliphatic carbocycles. The predicted octanol–water partition coefficient (Wildman–Crippen LogP) is 2.94. The number of aryl methyl sites for hydroxylation is 2. The minimum Gasteiger partial charge on any atom is -0.387 e. The molecule has 10 nitrogen and oxygen atoms in total. The van der Waals surface area contributed by atoms with Crippen LogP contribution in [0.4, 0.5) is 0 Å². The third-order valence-corrected chi connectivity index (χ3v) is 6.33. The molecule has 1 saturated heterocycles. The summed E-state index contributed by atoms with van der Waals surface area (Å²) in [6.07, 6.45) is 1.59. The third kappa shape index (κ3) is 8.37. The summed E-state index contributed by atoms with van der Waals surface area (Å²) in [5.41, 5.74) is 3.19. The van der Waals surface area contributed by atoms with Gasteiger partial charge in [0.1, 0.15) is 0 Å². The SMILES string of the molecule is CN1CCCC1c1cccnc1.Cc1ccc(C(=O)OC(=O)C(O)C(O)C(=O)OC(=O)c2ccc(C)cc2)cc1. The summed E-state index contributed by atoms with van der Waals surface area (Å²) in [5, 5.41) is 19.5. The molecule has 40 heavy (non-hydrogen) atoms. The summed E-state index contributed by atoms with van der Waals surface area (Å²) < 4.78 is 8.86. The number of hydrogen-bond acceptors (Lipinski definition) is 10. The van der Waals surface area contributed by atoms with Gasteiger partial charge in [-0.2, -0.15) is 0 Å². The van der Waals surface area contributed by atoms with Crippen LogP contribution < -0.4 is 0 Å². The number of hydrogen-bond donors (Lipinski definition) is 2. The molecule has 2 N–H and O–H groups in total. The van der Waals surface area contributed by atoms with Crippen molar-refractivity contribution in [3.05, 3.63) is 101 Å². The Morgan fingerprint density at radius 3 is 1.68 bits per heavy atom. The topological polar surface area (TPSA) is 143 Å². The first kappa shape index (κ1) is 30.3. The highest BCUT2D eigenvalue weighted by Crippen LogP contribution is 2.29. The molecule has 3 unspecified atom stereocenters. The van der Waals surface area contributed by atoms with E-state index in [1.54, 1.807) is 38.1 Å². The molecule has 1 aliphatic rings. The number of esters is 4. The lowest BCUT2D eigenvalue weighted by Gasteiger charge is -2.18. The van der Waals surface area contributed by atoms with Crippen LogP contribution in [0.3, 0.4) is 0 Å². The fraction of sp³-hybridized carbons (Fsp3) is 0.300. The van der Waals surface area contributed by atoms with Crippen LogP contribution >= 0.6 is 0 Å². The standard InChI is InChI=1S/C20H18O8.C10H14N2/c1-11-3-7-13(8-4-11)17(23)27-19(25)15(21)16(22)20(26)28-18(24)14-9-5-12(2)6-10-14;1-12-7-3-5-10(12)9-4-2-6-11-8-9/h3-10,15-16,21-22H,1-2H3;2,4,6,8,10H,3,5,7H2,1H3. The molecule has 0 amide bonds. The van der Waals surface area contributed by atoms with Crippen LogP contribution in [0.5, 0.6) is 0 Å². The molecule has 0 spiro atoms. The first-order valence-corrected chi connectivity index (χ1v) is 12.7. The van der Waals surface area contributed by atoms with Gasteiger partial charge in [-0.1, -0.05) is 41.5 Å². The number of carbonyl (C=O) groups is 4. The largest absolute Gasteiger partial charge is 0.387 e. The van der Waals surface area contributed by atoms with Gasteiger partial charge in [0.2, 0.25) is 0 Å². The molecule has 0 saturated carbocycles. The summed E-state index contributed by atoms with van der Waals surface area (Å²) in [4.78, 5) is 53.8. The predicted molar refractivity (Wildman–Crippen MR) is 144 cm³/mol. The zero-order valence-corrected chi connectivity index (χ0v) is 22.5. The van der Waals surface area contributed by atoms with Crippen LogP contribution in [-0.4, -0.2) is 69.8 Å². The van der Waals surface area contributed by atoms with E-state index in [0.29, 0.717) is 6.04 Å². The Kier molecular flexibility index (Phi) is 10.8. The summed E-state index contributed by atoms with van der Waals surface area (Å²) in [6, 6.07) is 16.9. The van der Waals surface area contributed by atoms with Crippen molar-refractivity contribution in [2.75, 3.05) is 13.6 Å². The summed E-state index contributed by atoms with van der Waals surface area (Å²) in [7, 11) is 2.19. The highest BCUT2D eigenvalue weighted by atomic mass is 16.6. The number of aliphatic hydroxyl groups excluding tert-OH is 2. The Labute approximate surface area is 232 Å². The van der Waals surface area contributed by atoms with Crippen LogP contribution in [0.15, 0.2) is 73.1 Å². The van der Waals surface area contributed by atoms with Gasteiger partial charge in [-0.3, -0.25) is 9.88 Å². The van der Waals surface area contributed by atoms with Gasteiger partial charge >= 0.3 is 23.9 Å². The monoisotopic (exact) mass is 548 g/mol. The minimum absolute atomic E-state index is 0.0396. The maximum absolute atomic E-state index is 11.8. The maximum Gasteiger partial charge on any atom is 0.346 e. The maximum atomic E-state index is 11.8. The van der Waals surface area contributed by atoms with Gasteiger partial charge in [-0.05, 0) is 76.2 Å². The van der Waals surface area contributed by atoms with E-state index in [0.717, 1.165) is 11.1 Å². The molecule has 1 aromatic heterocycles. The number of carbonyl (C=O) groups excluding carboxylic acids is 4. The molecule has 0 bridgehead atoms. The van der Waals surface area contributed by atoms with Crippen molar-refractivity contribution in [3.8, 4) is 0 Å². The average Bonchev–Trinajstić information content (AvgIpc) is 3.39. The minimum atomic E-state index is -2.41. The number of benzene rings is 2. The normalized spacial score (nSPS) is 16.2. The molecule has 3 aromatic rings. The second-order valence-electron chi connectivity index (χ2n) is 9.46. The van der Waals surface area contributed by atoms with E-state index in [-0.39, 0.29) is 11.1 Å². The van der Waals surface area contributed by atoms with Crippen LogP contribution in [0.25, 0.3) is 0 Å². The van der Waals surface area contributed by atoms with Crippen molar-refractivity contribution in [1.29, 1.82) is 0 Å². The molecule has 3 atom stereocenters. The van der Waals surface area contributed by atoms with Gasteiger partial charge in [-0.15, -0.1) is 0 Å². The van der Waals surface area contributed by atoms with Crippen molar-refractivity contribution in [2.45, 2.75) is 44.9 Å². The summed E-state index contributed by atoms with van der Waals surface area (Å²) in [6.45, 7) is 4.81. The number of nitrogens with zero attached hydrogens (tertiary/aromatic N) is 2. The fourth-order valence-electron chi connectivity index (χ4n) is 3.96. The Morgan fingerprint density at radius 1 is 0.825 bits per heavy atom. The number of rotatable bonds is 6. The zero-order chi connectivity index (χ0) is 29.2. The number of ether oxygens (including phenoxy) is 2. The number of likely N-dealkylation sites (tertiary alicyclic amines) is 1. The molecule has 2 heterocycles. The van der Waals surface area contributed by atoms with E-state index in [4.69, 9.17) is 0 Å². The lowest BCUT2D eigenvalue weighted by molar-refractivity contribution is -0.166. The molecule has 2 aromatic carbocycles. The van der Waals surface area contributed by atoms with E-state index in [1.807, 2.05) is 18.5 Å². The molecule has 4 rings (SSSR count). The Balaban J connectivity index is 0.000000302. The third-order valence-electron chi connectivity index (χ3n) is 6.33. The van der Waals surface area contributed by atoms with Crippen molar-refractivity contribution in [3.63, 3.8) is 0 Å². The Bertz CT molecular complexity index is 1230. The second kappa shape index (κ2) is 14.2. The molecule has 10 heteroatoms. The quantitative estimate of drug-likeness (QED) is 0.349. The van der Waals surface area contributed by atoms with Crippen LogP contribution in [0.1, 0.15) is 56.3 Å². The van der Waals surface area contributed by atoms with Gasteiger partial charge in [0.15, 0.2) is 12.2 Å². The molecular formula is C30H32N2O8. The first-order chi connectivity index (χ1) is 19.1. The van der Waals surface area contributed by atoms with Crippen LogP contribution in [0.2, 0.25) is 0 Å². The van der Waals surface area contributed by atoms with Crippen molar-refractivity contribution < 1.29 is 38.9 Å². The van der Waals surface area contributed by atoms with E-state index in [1.165, 1.54) is 49.2 Å². The first-order valence-electron chi connectivity index (χ1n) is 12.7. The van der Waals surface area contributed by atoms with Crippen molar-refractivity contribution in [2.24, 2.45) is 0 Å². The van der Waals surface area contributed by atoms with E-state index >= 15 is 0 Å². The number of aromatic nitrogens is 1. The van der Waals surface area contributed by atoms with E-state index < -0.39 is 36.1 Å². The number of aliphatic hydroxyl groups is 2. The lowest BCUT2D eigenvalue weighted by atomic mass is 10.1. The van der Waals surface area contributed by atoms with Crippen molar-refractivity contribution in [1.82, 2.24) is 9.88 Å². The molecule has 210 valence electrons. The summed E-state index contributed by atoms with van der Waals surface area (Å²) >= 11 is 0. The zero-order valence-electron chi connectivity index (χ0n) is 22.5. The second-order valence-corrected chi connectivity index (χ2v) is 9.46. The van der Waals surface area contributed by atoms with E-state index in [2.05, 4.69) is 32.5 Å². The summed E-state index contributed by atoms with van der Waals surface area (Å²) in [5.74, 6) is -5.25. The van der Waals surface area contributed by atoms with Gasteiger partial charge in [0.25, 0.3) is 0 Å². The highest BCUT2D eigenvalue weighted by Gasteiger charge is 2.35. The average molecular weight is 549 g/mol. The fourth-order valence-corrected chi connectivity index (χ4v) is 3.96. The lowest BCUT2D eigenvalue weighted by Crippen LogP contribution is -2.43. The molecule has 1 aliphatic heterocycles. The van der Waals surface area contributed by atoms with Crippen molar-refractivity contribution >= 4 is 23.9 Å². The van der Waals surface area contributed by atoms with Crippen LogP contribution in [-0.2, 0) is 19.1 Å². The van der Waals surface area contributed by atoms with Gasteiger partial charge < -0.3 is 19.7 Å². The molecule has 1 fully saturated rings. The number of pyridine rings is 1. The highest BCUT2D eigenvalue weighted by molar-refractivity contribution is 6.01.